The smallest absolute Gasteiger partial charge is 0.363 e. The zero-order valence-corrected chi connectivity index (χ0v) is 17.0. The summed E-state index contributed by atoms with van der Waals surface area (Å²) in [6.45, 7) is 8.50. The number of anilines is 1. The monoisotopic (exact) mass is 429 g/mol. The number of carbonyl (C=O) groups is 1. The summed E-state index contributed by atoms with van der Waals surface area (Å²) in [5, 5.41) is 7.23. The molecule has 1 aromatic heterocycles. The summed E-state index contributed by atoms with van der Waals surface area (Å²) in [4.78, 5) is 23.9. The number of hydrogen-bond acceptors (Lipinski definition) is 5. The van der Waals surface area contributed by atoms with Crippen molar-refractivity contribution in [1.82, 2.24) is 9.78 Å². The van der Waals surface area contributed by atoms with E-state index in [-0.39, 0.29) is 17.1 Å². The first kappa shape index (κ1) is 19.3. The van der Waals surface area contributed by atoms with Gasteiger partial charge in [-0.2, -0.15) is 9.78 Å². The van der Waals surface area contributed by atoms with Gasteiger partial charge < -0.3 is 10.1 Å². The molecule has 8 heteroatoms. The second kappa shape index (κ2) is 6.94. The van der Waals surface area contributed by atoms with E-state index in [1.54, 1.807) is 6.92 Å². The molecule has 144 valence electrons. The van der Waals surface area contributed by atoms with Crippen LogP contribution in [0.5, 0.6) is 0 Å². The number of halogens is 2. The van der Waals surface area contributed by atoms with E-state index in [2.05, 4.69) is 51.9 Å². The molecule has 0 radical (unpaired) electrons. The van der Waals surface area contributed by atoms with Gasteiger partial charge in [0.2, 0.25) is 0 Å². The Morgan fingerprint density at radius 2 is 2.23 bits per heavy atom. The molecule has 0 spiro atoms. The zero-order valence-electron chi connectivity index (χ0n) is 15.5. The van der Waals surface area contributed by atoms with Crippen molar-refractivity contribution in [1.29, 1.82) is 0 Å². The van der Waals surface area contributed by atoms with Crippen LogP contribution in [0.15, 0.2) is 15.5 Å². The molecule has 1 N–H and O–H groups in total. The third-order valence-corrected chi connectivity index (χ3v) is 7.10. The van der Waals surface area contributed by atoms with E-state index in [1.165, 1.54) is 12.6 Å². The van der Waals surface area contributed by atoms with E-state index in [1.807, 2.05) is 0 Å². The lowest BCUT2D eigenvalue weighted by molar-refractivity contribution is -0.153. The van der Waals surface area contributed by atoms with Gasteiger partial charge in [0.05, 0.1) is 18.5 Å². The summed E-state index contributed by atoms with van der Waals surface area (Å²) in [5.41, 5.74) is 0.195. The Hall–Kier alpha value is -1.44. The molecule has 3 saturated carbocycles. The minimum Gasteiger partial charge on any atom is -0.462 e. The van der Waals surface area contributed by atoms with Crippen LogP contribution in [0.1, 0.15) is 46.8 Å². The van der Waals surface area contributed by atoms with E-state index in [9.17, 15) is 14.0 Å². The topological polar surface area (TPSA) is 73.2 Å². The molecular weight excluding hydrogens is 405 g/mol. The average Bonchev–Trinajstić information content (AvgIpc) is 2.59. The van der Waals surface area contributed by atoms with Gasteiger partial charge in [-0.1, -0.05) is 20.8 Å². The van der Waals surface area contributed by atoms with E-state index in [4.69, 9.17) is 0 Å². The van der Waals surface area contributed by atoms with Crippen LogP contribution in [0.25, 0.3) is 0 Å². The van der Waals surface area contributed by atoms with Gasteiger partial charge in [-0.15, -0.1) is 0 Å². The highest BCUT2D eigenvalue weighted by Crippen LogP contribution is 2.61. The summed E-state index contributed by atoms with van der Waals surface area (Å²) in [7, 11) is 0. The lowest BCUT2D eigenvalue weighted by Crippen LogP contribution is -2.58. The third-order valence-electron chi connectivity index (χ3n) is 6.33. The van der Waals surface area contributed by atoms with Crippen LogP contribution in [-0.2, 0) is 9.53 Å². The predicted molar refractivity (Wildman–Crippen MR) is 99.5 cm³/mol. The van der Waals surface area contributed by atoms with Gasteiger partial charge in [0.25, 0.3) is 11.9 Å². The fraction of sp³-hybridized carbons (Fsp3) is 0.722. The van der Waals surface area contributed by atoms with Crippen molar-refractivity contribution >= 4 is 27.6 Å². The zero-order chi connectivity index (χ0) is 19.2. The normalized spacial score (nSPS) is 30.2. The highest BCUT2D eigenvalue weighted by molar-refractivity contribution is 9.10. The van der Waals surface area contributed by atoms with Gasteiger partial charge in [-0.25, -0.2) is 9.18 Å². The van der Waals surface area contributed by atoms with Crippen molar-refractivity contribution in [2.75, 3.05) is 11.9 Å². The number of nitrogens with zero attached hydrogens (tertiary/aromatic N) is 2. The number of ether oxygens (including phenoxy) is 1. The lowest BCUT2D eigenvalue weighted by atomic mass is 9.45. The Balaban J connectivity index is 1.77. The Labute approximate surface area is 160 Å². The molecule has 0 saturated heterocycles. The molecule has 0 aliphatic heterocycles. The number of hydrogen-bond donors (Lipinski definition) is 1. The molecule has 0 amide bonds. The highest BCUT2D eigenvalue weighted by atomic mass is 79.9. The maximum Gasteiger partial charge on any atom is 0.363 e. The molecule has 3 aliphatic carbocycles. The van der Waals surface area contributed by atoms with E-state index in [0.29, 0.717) is 33.5 Å². The van der Waals surface area contributed by atoms with Crippen LogP contribution in [-0.4, -0.2) is 28.4 Å². The highest BCUT2D eigenvalue weighted by Gasteiger charge is 2.56. The molecule has 6 nitrogen and oxygen atoms in total. The van der Waals surface area contributed by atoms with E-state index in [0.717, 1.165) is 6.42 Å². The number of aromatic nitrogens is 2. The van der Waals surface area contributed by atoms with Crippen LogP contribution in [0.3, 0.4) is 0 Å². The van der Waals surface area contributed by atoms with Gasteiger partial charge in [0.1, 0.15) is 4.47 Å². The van der Waals surface area contributed by atoms with Crippen LogP contribution >= 0.6 is 15.9 Å². The maximum atomic E-state index is 14.1. The van der Waals surface area contributed by atoms with Gasteiger partial charge in [-0.3, -0.25) is 4.79 Å². The Morgan fingerprint density at radius 1 is 1.54 bits per heavy atom. The number of esters is 1. The minimum atomic E-state index is -2.25. The summed E-state index contributed by atoms with van der Waals surface area (Å²) in [6, 6.07) is 0.242. The van der Waals surface area contributed by atoms with E-state index >= 15 is 0 Å². The number of carbonyl (C=O) groups excluding carboxylic acids is 1. The van der Waals surface area contributed by atoms with Crippen LogP contribution in [0.4, 0.5) is 10.1 Å². The molecule has 4 rings (SSSR count). The van der Waals surface area contributed by atoms with Crippen molar-refractivity contribution in [3.8, 4) is 0 Å². The molecule has 3 aliphatic rings. The fourth-order valence-corrected chi connectivity index (χ4v) is 4.96. The first-order chi connectivity index (χ1) is 12.2. The van der Waals surface area contributed by atoms with Gasteiger partial charge in [0.15, 0.2) is 0 Å². The van der Waals surface area contributed by atoms with Crippen molar-refractivity contribution in [2.45, 2.75) is 52.9 Å². The van der Waals surface area contributed by atoms with Crippen molar-refractivity contribution in [3.05, 3.63) is 21.0 Å². The lowest BCUT2D eigenvalue weighted by Gasteiger charge is -2.62. The molecule has 0 aromatic carbocycles. The molecule has 1 aromatic rings. The average molecular weight is 430 g/mol. The number of fused-ring (bicyclic) bond motifs is 2. The number of nitrogens with one attached hydrogen (secondary N) is 1. The molecular formula is C18H25BrFN3O3. The van der Waals surface area contributed by atoms with Crippen LogP contribution in [0.2, 0.25) is 0 Å². The van der Waals surface area contributed by atoms with Crippen LogP contribution < -0.4 is 10.9 Å². The Kier molecular flexibility index (Phi) is 5.16. The first-order valence-electron chi connectivity index (χ1n) is 9.03. The van der Waals surface area contributed by atoms with Crippen LogP contribution in [0, 0.1) is 23.2 Å². The van der Waals surface area contributed by atoms with Crippen molar-refractivity contribution < 1.29 is 13.9 Å². The first-order valence-corrected chi connectivity index (χ1v) is 9.82. The fourth-order valence-electron chi connectivity index (χ4n) is 4.56. The standard InChI is InChI=1S/C18H25BrFN3O3/c1-5-26-17(25)15(20)23-16(24)14(19)13(8-21-23)22-12-7-10-6-11(9(12)2)18(10,3)4/h8-12,15,22H,5-7H2,1-4H3/t9-,10+,11-,12-,15?/m1/s1. The second-order valence-electron chi connectivity index (χ2n) is 7.92. The van der Waals surface area contributed by atoms with Gasteiger partial charge in [0, 0.05) is 6.04 Å². The Morgan fingerprint density at radius 3 is 2.81 bits per heavy atom. The predicted octanol–water partition coefficient (Wildman–Crippen LogP) is 3.52. The molecule has 1 heterocycles. The third kappa shape index (κ3) is 3.06. The molecule has 26 heavy (non-hydrogen) atoms. The molecule has 3 fully saturated rings. The van der Waals surface area contributed by atoms with E-state index < -0.39 is 17.8 Å². The molecule has 1 unspecified atom stereocenters. The van der Waals surface area contributed by atoms with Gasteiger partial charge in [-0.05, 0) is 58.9 Å². The molecule has 2 bridgehead atoms. The Bertz CT molecular complexity index is 767. The summed E-state index contributed by atoms with van der Waals surface area (Å²) >= 11 is 3.23. The minimum absolute atomic E-state index is 0.0348. The molecule has 5 atom stereocenters. The summed E-state index contributed by atoms with van der Waals surface area (Å²) < 4.78 is 19.4. The number of alkyl halides is 1. The van der Waals surface area contributed by atoms with Crippen molar-refractivity contribution in [3.63, 3.8) is 0 Å². The second-order valence-corrected chi connectivity index (χ2v) is 8.71. The largest absolute Gasteiger partial charge is 0.462 e. The maximum absolute atomic E-state index is 14.1. The van der Waals surface area contributed by atoms with Crippen molar-refractivity contribution in [2.24, 2.45) is 23.2 Å². The number of rotatable bonds is 5. The SMILES string of the molecule is CCOC(=O)C(F)n1ncc(N[C@@H]2C[C@@H]3C[C@H]([C@H]2C)C3(C)C)c(Br)c1=O. The van der Waals surface area contributed by atoms with Gasteiger partial charge >= 0.3 is 5.97 Å². The summed E-state index contributed by atoms with van der Waals surface area (Å²) in [6.07, 6.45) is 1.43. The summed E-state index contributed by atoms with van der Waals surface area (Å²) in [5.74, 6) is 0.674. The quantitative estimate of drug-likeness (QED) is 0.724.